The third-order valence-corrected chi connectivity index (χ3v) is 4.84. The molecule has 7 nitrogen and oxygen atoms in total. The van der Waals surface area contributed by atoms with Crippen molar-refractivity contribution < 1.29 is 23.8 Å². The molecule has 0 radical (unpaired) electrons. The molecule has 2 aliphatic heterocycles. The number of amides is 2. The zero-order valence-corrected chi connectivity index (χ0v) is 15.4. The highest BCUT2D eigenvalue weighted by molar-refractivity contribution is 5.98. The molecule has 2 aromatic carbocycles. The van der Waals surface area contributed by atoms with Crippen LogP contribution in [-0.4, -0.2) is 55.9 Å². The van der Waals surface area contributed by atoms with E-state index < -0.39 is 6.04 Å². The normalized spacial score (nSPS) is 16.5. The number of hydrogen-bond donors (Lipinski definition) is 1. The maximum absolute atomic E-state index is 13.1. The van der Waals surface area contributed by atoms with Crippen LogP contribution in [0.3, 0.4) is 0 Å². The van der Waals surface area contributed by atoms with Gasteiger partial charge in [0.2, 0.25) is 12.7 Å². The van der Waals surface area contributed by atoms with E-state index in [1.165, 1.54) is 0 Å². The summed E-state index contributed by atoms with van der Waals surface area (Å²) in [6.07, 6.45) is 0.424. The second kappa shape index (κ2) is 8.31. The highest BCUT2D eigenvalue weighted by atomic mass is 16.7. The van der Waals surface area contributed by atoms with Gasteiger partial charge in [-0.3, -0.25) is 9.59 Å². The lowest BCUT2D eigenvalue weighted by Gasteiger charge is -2.31. The molecule has 4 rings (SSSR count). The van der Waals surface area contributed by atoms with Crippen molar-refractivity contribution in [3.63, 3.8) is 0 Å². The molecule has 146 valence electrons. The van der Waals surface area contributed by atoms with Gasteiger partial charge in [-0.2, -0.15) is 0 Å². The minimum absolute atomic E-state index is 0.0961. The van der Waals surface area contributed by atoms with Crippen molar-refractivity contribution in [3.8, 4) is 11.5 Å². The molecule has 2 aromatic rings. The number of carbonyl (C=O) groups is 2. The summed E-state index contributed by atoms with van der Waals surface area (Å²) >= 11 is 0. The molecule has 28 heavy (non-hydrogen) atoms. The first-order valence-corrected chi connectivity index (χ1v) is 9.32. The molecule has 0 spiro atoms. The first-order valence-electron chi connectivity index (χ1n) is 9.32. The first kappa shape index (κ1) is 18.3. The Morgan fingerprint density at radius 3 is 2.54 bits per heavy atom. The number of fused-ring (bicyclic) bond motifs is 1. The van der Waals surface area contributed by atoms with E-state index in [-0.39, 0.29) is 18.6 Å². The van der Waals surface area contributed by atoms with Crippen molar-refractivity contribution in [3.05, 3.63) is 59.7 Å². The lowest BCUT2D eigenvalue weighted by Crippen LogP contribution is -2.52. The molecule has 0 saturated carbocycles. The van der Waals surface area contributed by atoms with Crippen LogP contribution < -0.4 is 14.8 Å². The number of morpholine rings is 1. The topological polar surface area (TPSA) is 77.1 Å². The fraction of sp³-hybridized carbons (Fsp3) is 0.333. The molecule has 1 N–H and O–H groups in total. The fourth-order valence-electron chi connectivity index (χ4n) is 3.33. The highest BCUT2D eigenvalue weighted by Crippen LogP contribution is 2.32. The van der Waals surface area contributed by atoms with E-state index in [4.69, 9.17) is 14.2 Å². The van der Waals surface area contributed by atoms with Crippen LogP contribution in [0.15, 0.2) is 48.5 Å². The fourth-order valence-corrected chi connectivity index (χ4v) is 3.33. The van der Waals surface area contributed by atoms with Crippen LogP contribution in [0.5, 0.6) is 11.5 Å². The van der Waals surface area contributed by atoms with Gasteiger partial charge < -0.3 is 24.4 Å². The summed E-state index contributed by atoms with van der Waals surface area (Å²) in [5.41, 5.74) is 1.41. The van der Waals surface area contributed by atoms with Gasteiger partial charge in [-0.05, 0) is 23.8 Å². The predicted octanol–water partition coefficient (Wildman–Crippen LogP) is 1.62. The monoisotopic (exact) mass is 382 g/mol. The smallest absolute Gasteiger partial charge is 0.252 e. The second-order valence-electron chi connectivity index (χ2n) is 6.72. The van der Waals surface area contributed by atoms with E-state index >= 15 is 0 Å². The Morgan fingerprint density at radius 2 is 1.75 bits per heavy atom. The Labute approximate surface area is 163 Å². The molecule has 1 atom stereocenters. The molecule has 0 bridgehead atoms. The molecule has 0 unspecified atom stereocenters. The Morgan fingerprint density at radius 1 is 1.00 bits per heavy atom. The zero-order valence-electron chi connectivity index (χ0n) is 15.4. The van der Waals surface area contributed by atoms with Crippen molar-refractivity contribution in [2.45, 2.75) is 12.5 Å². The highest BCUT2D eigenvalue weighted by Gasteiger charge is 2.28. The molecular formula is C21H22N2O5. The molecule has 2 amide bonds. The molecule has 0 aromatic heterocycles. The quantitative estimate of drug-likeness (QED) is 0.850. The maximum atomic E-state index is 13.1. The summed E-state index contributed by atoms with van der Waals surface area (Å²) in [6.45, 7) is 2.24. The average Bonchev–Trinajstić information content (AvgIpc) is 3.22. The average molecular weight is 382 g/mol. The van der Waals surface area contributed by atoms with Gasteiger partial charge in [0.1, 0.15) is 6.04 Å². The van der Waals surface area contributed by atoms with Crippen molar-refractivity contribution in [2.24, 2.45) is 0 Å². The van der Waals surface area contributed by atoms with Crippen LogP contribution in [0.1, 0.15) is 15.9 Å². The van der Waals surface area contributed by atoms with Crippen LogP contribution in [0.2, 0.25) is 0 Å². The Kier molecular flexibility index (Phi) is 5.43. The Bertz CT molecular complexity index is 849. The van der Waals surface area contributed by atoms with Gasteiger partial charge in [0, 0.05) is 25.1 Å². The summed E-state index contributed by atoms with van der Waals surface area (Å²) < 4.78 is 16.0. The van der Waals surface area contributed by atoms with Crippen molar-refractivity contribution in [1.82, 2.24) is 10.2 Å². The number of rotatable bonds is 5. The molecule has 0 aliphatic carbocycles. The molecule has 1 saturated heterocycles. The van der Waals surface area contributed by atoms with Crippen molar-refractivity contribution >= 4 is 11.8 Å². The molecule has 1 fully saturated rings. The summed E-state index contributed by atoms with van der Waals surface area (Å²) in [4.78, 5) is 27.6. The number of ether oxygens (including phenoxy) is 3. The van der Waals surface area contributed by atoms with Crippen molar-refractivity contribution in [1.29, 1.82) is 0 Å². The second-order valence-corrected chi connectivity index (χ2v) is 6.72. The number of benzene rings is 2. The minimum Gasteiger partial charge on any atom is -0.454 e. The lowest BCUT2D eigenvalue weighted by molar-refractivity contribution is -0.137. The van der Waals surface area contributed by atoms with E-state index in [9.17, 15) is 9.59 Å². The van der Waals surface area contributed by atoms with Gasteiger partial charge in [0.15, 0.2) is 11.5 Å². The van der Waals surface area contributed by atoms with Crippen molar-refractivity contribution in [2.75, 3.05) is 33.1 Å². The zero-order chi connectivity index (χ0) is 19.3. The summed E-state index contributed by atoms with van der Waals surface area (Å²) in [6, 6.07) is 14.0. The van der Waals surface area contributed by atoms with Gasteiger partial charge in [-0.25, -0.2) is 0 Å². The lowest BCUT2D eigenvalue weighted by atomic mass is 10.0. The van der Waals surface area contributed by atoms with Gasteiger partial charge >= 0.3 is 0 Å². The van der Waals surface area contributed by atoms with Crippen LogP contribution in [0.25, 0.3) is 0 Å². The summed E-state index contributed by atoms with van der Waals surface area (Å²) in [7, 11) is 0. The Hall–Kier alpha value is -3.06. The number of nitrogens with zero attached hydrogens (tertiary/aromatic N) is 1. The van der Waals surface area contributed by atoms with Gasteiger partial charge in [0.05, 0.1) is 13.2 Å². The van der Waals surface area contributed by atoms with E-state index in [2.05, 4.69) is 5.32 Å². The van der Waals surface area contributed by atoms with Gasteiger partial charge in [-0.1, -0.05) is 30.3 Å². The molecule has 7 heteroatoms. The van der Waals surface area contributed by atoms with Crippen LogP contribution in [0, 0.1) is 0 Å². The van der Waals surface area contributed by atoms with Crippen LogP contribution >= 0.6 is 0 Å². The van der Waals surface area contributed by atoms with E-state index in [0.717, 1.165) is 5.56 Å². The van der Waals surface area contributed by atoms with Crippen LogP contribution in [0.4, 0.5) is 0 Å². The first-order chi connectivity index (χ1) is 13.7. The Balaban J connectivity index is 1.52. The summed E-state index contributed by atoms with van der Waals surface area (Å²) in [5, 5.41) is 2.90. The SMILES string of the molecule is O=C(N[C@@H](Cc1ccccc1)C(=O)N1CCOCC1)c1ccc2c(c1)OCO2. The van der Waals surface area contributed by atoms with E-state index in [1.54, 1.807) is 23.1 Å². The molecule has 2 aliphatic rings. The molecule has 2 heterocycles. The van der Waals surface area contributed by atoms with Gasteiger partial charge in [0.25, 0.3) is 5.91 Å². The van der Waals surface area contributed by atoms with Gasteiger partial charge in [-0.15, -0.1) is 0 Å². The number of hydrogen-bond acceptors (Lipinski definition) is 5. The maximum Gasteiger partial charge on any atom is 0.252 e. The number of nitrogens with one attached hydrogen (secondary N) is 1. The third-order valence-electron chi connectivity index (χ3n) is 4.84. The standard InChI is InChI=1S/C21H22N2O5/c24-20(16-6-7-18-19(13-16)28-14-27-18)22-17(12-15-4-2-1-3-5-15)21(25)23-8-10-26-11-9-23/h1-7,13,17H,8-12,14H2,(H,22,24)/t17-/m0/s1. The largest absolute Gasteiger partial charge is 0.454 e. The number of carbonyl (C=O) groups excluding carboxylic acids is 2. The van der Waals surface area contributed by atoms with E-state index in [0.29, 0.717) is 49.8 Å². The predicted molar refractivity (Wildman–Crippen MR) is 101 cm³/mol. The summed E-state index contributed by atoms with van der Waals surface area (Å²) in [5.74, 6) is 0.732. The van der Waals surface area contributed by atoms with Crippen LogP contribution in [-0.2, 0) is 16.0 Å². The minimum atomic E-state index is -0.654. The third kappa shape index (κ3) is 4.09. The molecular weight excluding hydrogens is 360 g/mol. The van der Waals surface area contributed by atoms with E-state index in [1.807, 2.05) is 30.3 Å².